The largest absolute Gasteiger partial charge is 0.329 e. The number of pyridine rings is 1. The van der Waals surface area contributed by atoms with Crippen LogP contribution in [0.25, 0.3) is 10.3 Å². The van der Waals surface area contributed by atoms with Gasteiger partial charge in [-0.3, -0.25) is 0 Å². The highest BCUT2D eigenvalue weighted by molar-refractivity contribution is 7.18. The molecule has 0 aliphatic heterocycles. The van der Waals surface area contributed by atoms with Crippen molar-refractivity contribution in [2.45, 2.75) is 5.92 Å². The Bertz CT molecular complexity index is 615. The fourth-order valence-corrected chi connectivity index (χ4v) is 3.05. The SMILES string of the molecule is NCC(c1ccccc1)c1nc2cccnc2s1. The van der Waals surface area contributed by atoms with Crippen molar-refractivity contribution < 1.29 is 0 Å². The van der Waals surface area contributed by atoms with Crippen LogP contribution in [0, 0.1) is 0 Å². The summed E-state index contributed by atoms with van der Waals surface area (Å²) in [5.74, 6) is 0.158. The average molecular weight is 255 g/mol. The van der Waals surface area contributed by atoms with Gasteiger partial charge in [0.1, 0.15) is 15.4 Å². The van der Waals surface area contributed by atoms with E-state index in [1.807, 2.05) is 30.3 Å². The molecule has 3 nitrogen and oxygen atoms in total. The van der Waals surface area contributed by atoms with Crippen LogP contribution >= 0.6 is 11.3 Å². The van der Waals surface area contributed by atoms with E-state index in [0.717, 1.165) is 15.4 Å². The first kappa shape index (κ1) is 11.3. The third-order valence-corrected chi connectivity index (χ3v) is 4.01. The molecule has 0 spiro atoms. The molecule has 2 N–H and O–H groups in total. The van der Waals surface area contributed by atoms with Gasteiger partial charge in [-0.15, -0.1) is 0 Å². The van der Waals surface area contributed by atoms with Gasteiger partial charge in [-0.2, -0.15) is 0 Å². The number of benzene rings is 1. The lowest BCUT2D eigenvalue weighted by Gasteiger charge is -2.11. The lowest BCUT2D eigenvalue weighted by molar-refractivity contribution is 0.812. The molecule has 0 saturated carbocycles. The second-order valence-electron chi connectivity index (χ2n) is 4.08. The Hall–Kier alpha value is -1.78. The summed E-state index contributed by atoms with van der Waals surface area (Å²) in [4.78, 5) is 9.94. The summed E-state index contributed by atoms with van der Waals surface area (Å²) in [6, 6.07) is 14.2. The monoisotopic (exact) mass is 255 g/mol. The number of nitrogens with zero attached hydrogens (tertiary/aromatic N) is 2. The van der Waals surface area contributed by atoms with Crippen LogP contribution in [-0.2, 0) is 0 Å². The molecular formula is C14H13N3S. The van der Waals surface area contributed by atoms with E-state index >= 15 is 0 Å². The van der Waals surface area contributed by atoms with Gasteiger partial charge in [0.15, 0.2) is 0 Å². The molecule has 0 amide bonds. The number of hydrogen-bond acceptors (Lipinski definition) is 4. The highest BCUT2D eigenvalue weighted by Gasteiger charge is 2.16. The molecule has 2 heterocycles. The Morgan fingerprint density at radius 3 is 2.67 bits per heavy atom. The smallest absolute Gasteiger partial charge is 0.143 e. The molecule has 1 aromatic carbocycles. The van der Waals surface area contributed by atoms with Crippen molar-refractivity contribution in [3.8, 4) is 0 Å². The van der Waals surface area contributed by atoms with Crippen molar-refractivity contribution in [2.24, 2.45) is 5.73 Å². The second kappa shape index (κ2) is 4.84. The number of rotatable bonds is 3. The van der Waals surface area contributed by atoms with E-state index < -0.39 is 0 Å². The van der Waals surface area contributed by atoms with Gasteiger partial charge < -0.3 is 5.73 Å². The van der Waals surface area contributed by atoms with Crippen molar-refractivity contribution >= 4 is 21.7 Å². The fraction of sp³-hybridized carbons (Fsp3) is 0.143. The van der Waals surface area contributed by atoms with E-state index in [4.69, 9.17) is 5.73 Å². The average Bonchev–Trinajstić information content (AvgIpc) is 2.84. The Morgan fingerprint density at radius 2 is 1.94 bits per heavy atom. The molecule has 0 aliphatic rings. The van der Waals surface area contributed by atoms with E-state index in [0.29, 0.717) is 6.54 Å². The quantitative estimate of drug-likeness (QED) is 0.783. The van der Waals surface area contributed by atoms with Crippen LogP contribution in [0.4, 0.5) is 0 Å². The Labute approximate surface area is 109 Å². The lowest BCUT2D eigenvalue weighted by Crippen LogP contribution is -2.13. The third kappa shape index (κ3) is 2.00. The van der Waals surface area contributed by atoms with E-state index in [2.05, 4.69) is 22.1 Å². The Kier molecular flexibility index (Phi) is 3.04. The zero-order chi connectivity index (χ0) is 12.4. The maximum absolute atomic E-state index is 5.90. The van der Waals surface area contributed by atoms with Crippen molar-refractivity contribution in [1.82, 2.24) is 9.97 Å². The molecule has 0 aliphatic carbocycles. The minimum atomic E-state index is 0.158. The minimum absolute atomic E-state index is 0.158. The Morgan fingerprint density at radius 1 is 1.11 bits per heavy atom. The molecule has 0 fully saturated rings. The zero-order valence-electron chi connectivity index (χ0n) is 9.78. The first-order valence-corrected chi connectivity index (χ1v) is 6.66. The van der Waals surface area contributed by atoms with Gasteiger partial charge in [0, 0.05) is 18.7 Å². The summed E-state index contributed by atoms with van der Waals surface area (Å²) in [5.41, 5.74) is 8.06. The molecule has 0 saturated heterocycles. The van der Waals surface area contributed by atoms with Crippen LogP contribution in [0.1, 0.15) is 16.5 Å². The lowest BCUT2D eigenvalue weighted by atomic mass is 10.0. The molecular weight excluding hydrogens is 242 g/mol. The fourth-order valence-electron chi connectivity index (χ4n) is 2.00. The van der Waals surface area contributed by atoms with Crippen LogP contribution in [0.5, 0.6) is 0 Å². The molecule has 2 aromatic heterocycles. The van der Waals surface area contributed by atoms with Gasteiger partial charge in [0.2, 0.25) is 0 Å². The van der Waals surface area contributed by atoms with E-state index in [1.54, 1.807) is 17.5 Å². The molecule has 1 atom stereocenters. The van der Waals surface area contributed by atoms with Crippen LogP contribution in [0.3, 0.4) is 0 Å². The zero-order valence-corrected chi connectivity index (χ0v) is 10.6. The maximum Gasteiger partial charge on any atom is 0.143 e. The van der Waals surface area contributed by atoms with E-state index in [9.17, 15) is 0 Å². The van der Waals surface area contributed by atoms with Gasteiger partial charge in [-0.1, -0.05) is 41.7 Å². The minimum Gasteiger partial charge on any atom is -0.329 e. The van der Waals surface area contributed by atoms with Crippen molar-refractivity contribution in [3.63, 3.8) is 0 Å². The number of nitrogens with two attached hydrogens (primary N) is 1. The number of thiazole rings is 1. The van der Waals surface area contributed by atoms with Crippen LogP contribution < -0.4 is 5.73 Å². The highest BCUT2D eigenvalue weighted by atomic mass is 32.1. The van der Waals surface area contributed by atoms with Crippen molar-refractivity contribution in [2.75, 3.05) is 6.54 Å². The molecule has 0 radical (unpaired) electrons. The summed E-state index contributed by atoms with van der Waals surface area (Å²) in [7, 11) is 0. The molecule has 18 heavy (non-hydrogen) atoms. The van der Waals surface area contributed by atoms with E-state index in [-0.39, 0.29) is 5.92 Å². The van der Waals surface area contributed by atoms with Gasteiger partial charge in [0.05, 0.1) is 0 Å². The molecule has 3 aromatic rings. The maximum atomic E-state index is 5.90. The summed E-state index contributed by atoms with van der Waals surface area (Å²) in [6.07, 6.45) is 1.80. The standard InChI is InChI=1S/C14H13N3S/c15-9-11(10-5-2-1-3-6-10)13-17-12-7-4-8-16-14(12)18-13/h1-8,11H,9,15H2. The Balaban J connectivity index is 2.06. The number of hydrogen-bond donors (Lipinski definition) is 1. The summed E-state index contributed by atoms with van der Waals surface area (Å²) >= 11 is 1.62. The summed E-state index contributed by atoms with van der Waals surface area (Å²) < 4.78 is 0. The van der Waals surface area contributed by atoms with Crippen LogP contribution in [0.15, 0.2) is 48.7 Å². The van der Waals surface area contributed by atoms with Crippen molar-refractivity contribution in [3.05, 3.63) is 59.2 Å². The van der Waals surface area contributed by atoms with Crippen LogP contribution in [-0.4, -0.2) is 16.5 Å². The first-order valence-electron chi connectivity index (χ1n) is 5.85. The van der Waals surface area contributed by atoms with Crippen molar-refractivity contribution in [1.29, 1.82) is 0 Å². The van der Waals surface area contributed by atoms with Gasteiger partial charge in [-0.05, 0) is 17.7 Å². The van der Waals surface area contributed by atoms with Crippen LogP contribution in [0.2, 0.25) is 0 Å². The highest BCUT2D eigenvalue weighted by Crippen LogP contribution is 2.29. The summed E-state index contributed by atoms with van der Waals surface area (Å²) in [6.45, 7) is 0.559. The van der Waals surface area contributed by atoms with Gasteiger partial charge in [0.25, 0.3) is 0 Å². The van der Waals surface area contributed by atoms with Gasteiger partial charge in [-0.25, -0.2) is 9.97 Å². The normalized spacial score (nSPS) is 12.7. The topological polar surface area (TPSA) is 51.8 Å². The summed E-state index contributed by atoms with van der Waals surface area (Å²) in [5, 5.41) is 1.04. The molecule has 1 unspecified atom stereocenters. The predicted octanol–water partition coefficient (Wildman–Crippen LogP) is 2.78. The molecule has 0 bridgehead atoms. The van der Waals surface area contributed by atoms with E-state index in [1.165, 1.54) is 5.56 Å². The first-order chi connectivity index (χ1) is 8.88. The molecule has 90 valence electrons. The predicted molar refractivity (Wildman–Crippen MR) is 74.8 cm³/mol. The molecule has 3 rings (SSSR count). The third-order valence-electron chi connectivity index (χ3n) is 2.92. The van der Waals surface area contributed by atoms with Gasteiger partial charge >= 0.3 is 0 Å². The number of aromatic nitrogens is 2. The molecule has 4 heteroatoms. The second-order valence-corrected chi connectivity index (χ2v) is 5.09. The number of fused-ring (bicyclic) bond motifs is 1.